The zero-order valence-electron chi connectivity index (χ0n) is 11.2. The van der Waals surface area contributed by atoms with Gasteiger partial charge in [-0.3, -0.25) is 0 Å². The van der Waals surface area contributed by atoms with Gasteiger partial charge in [-0.05, 0) is 29.3 Å². The van der Waals surface area contributed by atoms with E-state index >= 15 is 0 Å². The monoisotopic (exact) mass is 253 g/mol. The first kappa shape index (κ1) is 12.4. The van der Waals surface area contributed by atoms with E-state index in [1.807, 2.05) is 6.07 Å². The van der Waals surface area contributed by atoms with E-state index < -0.39 is 0 Å². The second-order valence-corrected chi connectivity index (χ2v) is 5.30. The van der Waals surface area contributed by atoms with Crippen LogP contribution in [0, 0.1) is 0 Å². The Balaban J connectivity index is 2.10. The summed E-state index contributed by atoms with van der Waals surface area (Å²) in [6.45, 7) is 2.08. The number of benzene rings is 2. The van der Waals surface area contributed by atoms with Crippen molar-refractivity contribution >= 4 is 0 Å². The Kier molecular flexibility index (Phi) is 3.36. The van der Waals surface area contributed by atoms with Crippen molar-refractivity contribution < 1.29 is 5.11 Å². The Morgan fingerprint density at radius 2 is 1.89 bits per heavy atom. The highest BCUT2D eigenvalue weighted by Gasteiger charge is 2.25. The van der Waals surface area contributed by atoms with Crippen LogP contribution >= 0.6 is 0 Å². The molecule has 0 bridgehead atoms. The lowest BCUT2D eigenvalue weighted by Crippen LogP contribution is -2.31. The first-order valence-corrected chi connectivity index (χ1v) is 6.74. The van der Waals surface area contributed by atoms with Crippen molar-refractivity contribution in [2.75, 3.05) is 13.6 Å². The fourth-order valence-corrected chi connectivity index (χ4v) is 3.04. The number of hydrogen-bond donors (Lipinski definition) is 1. The third kappa shape index (κ3) is 2.29. The van der Waals surface area contributed by atoms with Gasteiger partial charge < -0.3 is 10.0 Å². The summed E-state index contributed by atoms with van der Waals surface area (Å²) in [7, 11) is 2.15. The van der Waals surface area contributed by atoms with Gasteiger partial charge in [-0.2, -0.15) is 0 Å². The number of likely N-dealkylation sites (N-methyl/N-ethyl adjacent to an activating group) is 1. The van der Waals surface area contributed by atoms with Crippen molar-refractivity contribution in [1.29, 1.82) is 0 Å². The Morgan fingerprint density at radius 1 is 1.11 bits per heavy atom. The summed E-state index contributed by atoms with van der Waals surface area (Å²) in [4.78, 5) is 2.33. The molecule has 0 aromatic heterocycles. The molecule has 0 saturated carbocycles. The summed E-state index contributed by atoms with van der Waals surface area (Å²) in [6, 6.07) is 16.9. The molecular formula is C17H19NO. The highest BCUT2D eigenvalue weighted by atomic mass is 16.3. The maximum atomic E-state index is 9.52. The lowest BCUT2D eigenvalue weighted by molar-refractivity contribution is 0.266. The van der Waals surface area contributed by atoms with Crippen LogP contribution in [0.25, 0.3) is 0 Å². The quantitative estimate of drug-likeness (QED) is 0.889. The van der Waals surface area contributed by atoms with Crippen molar-refractivity contribution in [3.05, 3.63) is 70.8 Å². The molecule has 0 saturated heterocycles. The highest BCUT2D eigenvalue weighted by molar-refractivity contribution is 5.44. The topological polar surface area (TPSA) is 23.5 Å². The molecule has 0 radical (unpaired) electrons. The van der Waals surface area contributed by atoms with Crippen LogP contribution in [0.1, 0.15) is 28.2 Å². The van der Waals surface area contributed by atoms with Gasteiger partial charge in [0, 0.05) is 19.0 Å². The molecule has 2 heteroatoms. The predicted molar refractivity (Wildman–Crippen MR) is 77.0 cm³/mol. The standard InChI is InChI=1S/C17H19NO/c1-18-10-16(13-6-3-2-4-7-13)15-9-5-8-14(12-19)17(15)11-18/h2-9,16,19H,10-12H2,1H3. The second-order valence-electron chi connectivity index (χ2n) is 5.30. The summed E-state index contributed by atoms with van der Waals surface area (Å²) in [6.07, 6.45) is 0. The van der Waals surface area contributed by atoms with E-state index in [-0.39, 0.29) is 6.61 Å². The number of hydrogen-bond acceptors (Lipinski definition) is 2. The molecular weight excluding hydrogens is 234 g/mol. The van der Waals surface area contributed by atoms with Crippen molar-refractivity contribution in [1.82, 2.24) is 4.90 Å². The third-order valence-corrected chi connectivity index (χ3v) is 3.98. The molecule has 0 fully saturated rings. The molecule has 0 spiro atoms. The van der Waals surface area contributed by atoms with Crippen LogP contribution in [0.4, 0.5) is 0 Å². The lowest BCUT2D eigenvalue weighted by Gasteiger charge is -2.33. The van der Waals surface area contributed by atoms with Gasteiger partial charge in [-0.1, -0.05) is 48.5 Å². The summed E-state index contributed by atoms with van der Waals surface area (Å²) >= 11 is 0. The van der Waals surface area contributed by atoms with Gasteiger partial charge in [0.15, 0.2) is 0 Å². The number of rotatable bonds is 2. The van der Waals surface area contributed by atoms with Crippen LogP contribution in [-0.4, -0.2) is 23.6 Å². The van der Waals surface area contributed by atoms with Crippen LogP contribution in [0.3, 0.4) is 0 Å². The minimum Gasteiger partial charge on any atom is -0.392 e. The van der Waals surface area contributed by atoms with Crippen LogP contribution in [0.5, 0.6) is 0 Å². The molecule has 2 nitrogen and oxygen atoms in total. The van der Waals surface area contributed by atoms with Crippen LogP contribution in [0.2, 0.25) is 0 Å². The van der Waals surface area contributed by atoms with E-state index in [0.29, 0.717) is 5.92 Å². The largest absolute Gasteiger partial charge is 0.392 e. The molecule has 19 heavy (non-hydrogen) atoms. The zero-order chi connectivity index (χ0) is 13.2. The van der Waals surface area contributed by atoms with Crippen LogP contribution in [-0.2, 0) is 13.2 Å². The molecule has 1 aliphatic heterocycles. The molecule has 2 aromatic rings. The molecule has 0 aliphatic carbocycles. The first-order chi connectivity index (χ1) is 9.29. The number of fused-ring (bicyclic) bond motifs is 1. The zero-order valence-corrected chi connectivity index (χ0v) is 11.2. The number of aliphatic hydroxyl groups is 1. The normalized spacial score (nSPS) is 19.2. The van der Waals surface area contributed by atoms with E-state index in [9.17, 15) is 5.11 Å². The van der Waals surface area contributed by atoms with E-state index in [1.54, 1.807) is 0 Å². The highest BCUT2D eigenvalue weighted by Crippen LogP contribution is 2.34. The SMILES string of the molecule is CN1Cc2c(CO)cccc2C(c2ccccc2)C1. The van der Waals surface area contributed by atoms with Crippen molar-refractivity contribution in [3.63, 3.8) is 0 Å². The van der Waals surface area contributed by atoms with Gasteiger partial charge in [0.25, 0.3) is 0 Å². The second kappa shape index (κ2) is 5.16. The summed E-state index contributed by atoms with van der Waals surface area (Å²) in [5.74, 6) is 0.404. The molecule has 1 unspecified atom stereocenters. The Hall–Kier alpha value is -1.64. The first-order valence-electron chi connectivity index (χ1n) is 6.74. The van der Waals surface area contributed by atoms with E-state index in [0.717, 1.165) is 18.7 Å². The van der Waals surface area contributed by atoms with Gasteiger partial charge in [-0.15, -0.1) is 0 Å². The summed E-state index contributed by atoms with van der Waals surface area (Å²) in [5, 5.41) is 9.52. The Bertz CT molecular complexity index is 565. The minimum absolute atomic E-state index is 0.124. The van der Waals surface area contributed by atoms with Gasteiger partial charge in [0.05, 0.1) is 6.61 Å². The van der Waals surface area contributed by atoms with Gasteiger partial charge >= 0.3 is 0 Å². The minimum atomic E-state index is 0.124. The molecule has 3 rings (SSSR count). The van der Waals surface area contributed by atoms with Crippen molar-refractivity contribution in [3.8, 4) is 0 Å². The average molecular weight is 253 g/mol. The molecule has 1 aliphatic rings. The lowest BCUT2D eigenvalue weighted by atomic mass is 9.83. The molecule has 98 valence electrons. The number of aliphatic hydroxyl groups excluding tert-OH is 1. The van der Waals surface area contributed by atoms with Crippen LogP contribution < -0.4 is 0 Å². The van der Waals surface area contributed by atoms with E-state index in [4.69, 9.17) is 0 Å². The van der Waals surface area contributed by atoms with Crippen LogP contribution in [0.15, 0.2) is 48.5 Å². The van der Waals surface area contributed by atoms with Crippen molar-refractivity contribution in [2.45, 2.75) is 19.1 Å². The van der Waals surface area contributed by atoms with Gasteiger partial charge in [0.2, 0.25) is 0 Å². The third-order valence-electron chi connectivity index (χ3n) is 3.98. The fourth-order valence-electron chi connectivity index (χ4n) is 3.04. The maximum Gasteiger partial charge on any atom is 0.0685 e. The predicted octanol–water partition coefficient (Wildman–Crippen LogP) is 2.76. The summed E-state index contributed by atoms with van der Waals surface area (Å²) < 4.78 is 0. The van der Waals surface area contributed by atoms with E-state index in [2.05, 4.69) is 54.4 Å². The molecule has 0 amide bonds. The Labute approximate surface area is 114 Å². The van der Waals surface area contributed by atoms with Gasteiger partial charge in [0.1, 0.15) is 0 Å². The number of nitrogens with zero attached hydrogens (tertiary/aromatic N) is 1. The average Bonchev–Trinajstić information content (AvgIpc) is 2.46. The smallest absolute Gasteiger partial charge is 0.0685 e. The Morgan fingerprint density at radius 3 is 2.63 bits per heavy atom. The molecule has 1 atom stereocenters. The fraction of sp³-hybridized carbons (Fsp3) is 0.294. The summed E-state index contributed by atoms with van der Waals surface area (Å²) in [5.41, 5.74) is 5.08. The molecule has 2 aromatic carbocycles. The maximum absolute atomic E-state index is 9.52. The van der Waals surface area contributed by atoms with Crippen molar-refractivity contribution in [2.24, 2.45) is 0 Å². The molecule has 1 N–H and O–H groups in total. The van der Waals surface area contributed by atoms with Gasteiger partial charge in [-0.25, -0.2) is 0 Å². The molecule has 1 heterocycles. The van der Waals surface area contributed by atoms with E-state index in [1.165, 1.54) is 16.7 Å².